The van der Waals surface area contributed by atoms with Gasteiger partial charge in [0.15, 0.2) is 10.3 Å². The van der Waals surface area contributed by atoms with Crippen LogP contribution in [0.2, 0.25) is 0 Å². The van der Waals surface area contributed by atoms with Crippen molar-refractivity contribution in [1.29, 1.82) is 0 Å². The van der Waals surface area contributed by atoms with Crippen LogP contribution in [0.25, 0.3) is 0 Å². The van der Waals surface area contributed by atoms with Gasteiger partial charge < -0.3 is 89.4 Å². The zero-order valence-corrected chi connectivity index (χ0v) is 57.2. The monoisotopic (exact) mass is 1420 g/mol. The summed E-state index contributed by atoms with van der Waals surface area (Å²) in [6.45, 7) is 12.0. The summed E-state index contributed by atoms with van der Waals surface area (Å²) in [4.78, 5) is 122. The summed E-state index contributed by atoms with van der Waals surface area (Å²) in [6.07, 6.45) is 2.34. The van der Waals surface area contributed by atoms with Crippen LogP contribution < -0.4 is 60.6 Å². The first-order valence-corrected chi connectivity index (χ1v) is 33.4. The molecule has 0 aliphatic heterocycles. The fourth-order valence-corrected chi connectivity index (χ4v) is 9.40. The van der Waals surface area contributed by atoms with Crippen molar-refractivity contribution in [2.45, 2.75) is 131 Å². The third-order valence-corrected chi connectivity index (χ3v) is 14.5. The van der Waals surface area contributed by atoms with E-state index < -0.39 is 18.0 Å². The van der Waals surface area contributed by atoms with E-state index in [1.54, 1.807) is 70.3 Å². The molecule has 4 heterocycles. The maximum atomic E-state index is 12.2. The van der Waals surface area contributed by atoms with Gasteiger partial charge in [0.25, 0.3) is 0 Å². The zero-order valence-electron chi connectivity index (χ0n) is 54.0. The van der Waals surface area contributed by atoms with Gasteiger partial charge in [-0.05, 0) is 70.0 Å². The number of carbonyl (C=O) groups is 10. The molecule has 0 saturated carbocycles. The van der Waals surface area contributed by atoms with Crippen molar-refractivity contribution in [3.05, 3.63) is 91.8 Å². The smallest absolute Gasteiger partial charge is 0.329 e. The van der Waals surface area contributed by atoms with E-state index in [0.29, 0.717) is 102 Å². The third kappa shape index (κ3) is 40.3. The normalized spacial score (nSPS) is 10.4. The van der Waals surface area contributed by atoms with Crippen molar-refractivity contribution >= 4 is 131 Å². The van der Waals surface area contributed by atoms with Gasteiger partial charge in [0.2, 0.25) is 33.9 Å². The maximum Gasteiger partial charge on any atom is 0.329 e. The standard InChI is InChI=1S/C19H23N3O4.C11H17N3O3S.C10H16N4O3S.C10H15N3O3S.C9H14N4O3S/c1-2-26-18(24)17(11-14-4-3-5-16(23)10-14)22-19(25)21-12-13-6-8-15(20)9-7-13;1-2-17-10(16)4-3-9(15)13-6-5-8-7-18-11(12)14-8;1-2-17-9(16)4-3-7(15)12-6-5-8-13-14-10(11)18-8;1-2-16-9(15)4-3-8(14)12-5-7-6-17-10(11)13-7;1-2-16-8(15)4-3-6(14)11-5-7-12-13-9(10)17-7/h3-10,17,23H,2,11-12,20H2,1H3,(H2,21,22,25);7H,2-6H2,1H3,(H2,12,14)(H,13,15);2-6H2,1H3,(H2,11,14)(H,12,15);6H,2-5H2,1H3,(H2,11,13)(H,12,14);2-5H2,1H3,(H2,10,13)(H,11,14). The number of nitrogens with one attached hydrogen (secondary N) is 6. The third-order valence-electron chi connectivity index (χ3n) is 11.5. The summed E-state index contributed by atoms with van der Waals surface area (Å²) in [7, 11) is 0. The highest BCUT2D eigenvalue weighted by Crippen LogP contribution is 2.16. The zero-order chi connectivity index (χ0) is 71.0. The minimum absolute atomic E-state index is 0.0813. The molecule has 0 fully saturated rings. The molecule has 1 atom stereocenters. The number of esters is 5. The second-order valence-corrected chi connectivity index (χ2v) is 23.1. The van der Waals surface area contributed by atoms with E-state index in [9.17, 15) is 53.1 Å². The fourth-order valence-electron chi connectivity index (χ4n) is 7.08. The maximum absolute atomic E-state index is 12.2. The van der Waals surface area contributed by atoms with Crippen LogP contribution in [0.3, 0.4) is 0 Å². The van der Waals surface area contributed by atoms with Gasteiger partial charge in [-0.15, -0.1) is 43.1 Å². The molecular weight excluding hydrogens is 1330 g/mol. The number of rotatable bonds is 33. The molecule has 0 spiro atoms. The lowest BCUT2D eigenvalue weighted by atomic mass is 10.1. The first-order chi connectivity index (χ1) is 45.9. The molecule has 4 aromatic heterocycles. The number of thiazole rings is 2. The lowest BCUT2D eigenvalue weighted by Gasteiger charge is -2.18. The molecule has 2 aromatic carbocycles. The molecule has 17 N–H and O–H groups in total. The van der Waals surface area contributed by atoms with Crippen LogP contribution in [0.1, 0.15) is 119 Å². The number of anilines is 5. The fraction of sp³-hybridized carbons (Fsp3) is 0.458. The number of hydrogen-bond donors (Lipinski definition) is 12. The van der Waals surface area contributed by atoms with Gasteiger partial charge in [-0.2, -0.15) is 0 Å². The Morgan fingerprint density at radius 1 is 0.469 bits per heavy atom. The first kappa shape index (κ1) is 82.2. The SMILES string of the molecule is CCOC(=O)C(Cc1cccc(O)c1)NC(=O)NCc1ccc(N)cc1.CCOC(=O)CCC(=O)NCCc1csc(N)n1.CCOC(=O)CCC(=O)NCCc1nnc(N)s1.CCOC(=O)CCC(=O)NCc1csc(N)n1.CCOC(=O)CCC(=O)NCc1nnc(N)s1. The Labute approximate surface area is 570 Å². The topological polar surface area (TPSA) is 517 Å². The lowest BCUT2D eigenvalue weighted by molar-refractivity contribution is -0.145. The van der Waals surface area contributed by atoms with Crippen molar-refractivity contribution in [3.63, 3.8) is 0 Å². The van der Waals surface area contributed by atoms with Crippen LogP contribution in [0.4, 0.5) is 31.0 Å². The number of nitrogens with two attached hydrogens (primary N) is 5. The number of phenols is 1. The lowest BCUT2D eigenvalue weighted by Crippen LogP contribution is -2.47. The Hall–Kier alpha value is -9.88. The Balaban J connectivity index is 0.000000413. The highest BCUT2D eigenvalue weighted by Gasteiger charge is 2.23. The molecule has 1 unspecified atom stereocenters. The Bertz CT molecular complexity index is 3180. The Kier molecular flexibility index (Phi) is 41.8. The molecule has 96 heavy (non-hydrogen) atoms. The van der Waals surface area contributed by atoms with Gasteiger partial charge in [0.05, 0.1) is 83.2 Å². The molecule has 6 rings (SSSR count). The highest BCUT2D eigenvalue weighted by molar-refractivity contribution is 7.15. The van der Waals surface area contributed by atoms with Gasteiger partial charge in [0, 0.05) is 81.0 Å². The second kappa shape index (κ2) is 48.8. The summed E-state index contributed by atoms with van der Waals surface area (Å²) in [5.41, 5.74) is 31.2. The van der Waals surface area contributed by atoms with E-state index in [1.165, 1.54) is 51.4 Å². The largest absolute Gasteiger partial charge is 0.508 e. The number of ether oxygens (including phenoxy) is 5. The average Bonchev–Trinajstić information content (AvgIpc) is 1.54. The Morgan fingerprint density at radius 2 is 0.917 bits per heavy atom. The first-order valence-electron chi connectivity index (χ1n) is 30.0. The van der Waals surface area contributed by atoms with E-state index >= 15 is 0 Å². The summed E-state index contributed by atoms with van der Waals surface area (Å²) in [5, 5.41) is 47.2. The number of aromatic hydroxyl groups is 1. The van der Waals surface area contributed by atoms with Gasteiger partial charge in [-0.25, -0.2) is 19.6 Å². The van der Waals surface area contributed by atoms with E-state index in [2.05, 4.69) is 62.3 Å². The molecule has 0 aliphatic rings. The van der Waals surface area contributed by atoms with Crippen molar-refractivity contribution in [1.82, 2.24) is 62.3 Å². The predicted molar refractivity (Wildman–Crippen MR) is 361 cm³/mol. The number of urea groups is 1. The van der Waals surface area contributed by atoms with E-state index in [4.69, 9.17) is 52.4 Å². The molecule has 526 valence electrons. The number of aromatic nitrogens is 6. The number of nitrogens with zero attached hydrogens (tertiary/aromatic N) is 6. The molecule has 6 aromatic rings. The molecule has 0 saturated heterocycles. The number of nitrogen functional groups attached to an aromatic ring is 5. The summed E-state index contributed by atoms with van der Waals surface area (Å²) >= 11 is 5.20. The molecule has 6 amide bonds. The summed E-state index contributed by atoms with van der Waals surface area (Å²) in [6, 6.07) is 12.3. The van der Waals surface area contributed by atoms with Crippen molar-refractivity contribution in [3.8, 4) is 5.75 Å². The molecule has 0 aliphatic carbocycles. The van der Waals surface area contributed by atoms with Crippen LogP contribution in [-0.4, -0.2) is 147 Å². The minimum atomic E-state index is -0.858. The quantitative estimate of drug-likeness (QED) is 0.0159. The van der Waals surface area contributed by atoms with Crippen LogP contribution in [0.5, 0.6) is 5.75 Å². The molecule has 0 bridgehead atoms. The molecule has 0 radical (unpaired) electrons. The number of amides is 6. The van der Waals surface area contributed by atoms with Crippen LogP contribution in [0, 0.1) is 0 Å². The van der Waals surface area contributed by atoms with Crippen LogP contribution >= 0.6 is 45.3 Å². The van der Waals surface area contributed by atoms with Gasteiger partial charge in [-0.1, -0.05) is 46.9 Å². The van der Waals surface area contributed by atoms with E-state index in [-0.39, 0.29) is 124 Å². The molecule has 33 nitrogen and oxygen atoms in total. The number of phenolic OH excluding ortho intramolecular Hbond substituents is 1. The molecular formula is C59H85N17O16S4. The van der Waals surface area contributed by atoms with E-state index in [1.807, 2.05) is 17.5 Å². The average molecular weight is 1420 g/mol. The van der Waals surface area contributed by atoms with Gasteiger partial charge >= 0.3 is 35.9 Å². The minimum Gasteiger partial charge on any atom is -0.508 e. The van der Waals surface area contributed by atoms with Gasteiger partial charge in [0.1, 0.15) is 21.8 Å². The number of benzene rings is 2. The van der Waals surface area contributed by atoms with Gasteiger partial charge in [-0.3, -0.25) is 38.4 Å². The van der Waals surface area contributed by atoms with Crippen LogP contribution in [0.15, 0.2) is 59.3 Å². The molecule has 37 heteroatoms. The Morgan fingerprint density at radius 3 is 1.35 bits per heavy atom. The van der Waals surface area contributed by atoms with E-state index in [0.717, 1.165) is 22.0 Å². The van der Waals surface area contributed by atoms with Crippen LogP contribution in [-0.2, 0) is 106 Å². The number of hydrogen-bond acceptors (Lipinski definition) is 31. The predicted octanol–water partition coefficient (Wildman–Crippen LogP) is 3.56. The summed E-state index contributed by atoms with van der Waals surface area (Å²) in [5.74, 6) is -2.65. The second-order valence-electron chi connectivity index (χ2n) is 19.1. The van der Waals surface area contributed by atoms with Crippen molar-refractivity contribution < 1.29 is 76.7 Å². The van der Waals surface area contributed by atoms with Crippen molar-refractivity contribution in [2.75, 3.05) is 74.8 Å². The number of carbonyl (C=O) groups excluding carboxylic acids is 10. The highest BCUT2D eigenvalue weighted by atomic mass is 32.1. The van der Waals surface area contributed by atoms with Crippen molar-refractivity contribution in [2.24, 2.45) is 0 Å². The summed E-state index contributed by atoms with van der Waals surface area (Å²) < 4.78 is 23.9.